The number of aryl methyl sites for hydroxylation is 3. The lowest BCUT2D eigenvalue weighted by molar-refractivity contribution is -0.135. The quantitative estimate of drug-likeness (QED) is 0.633. The molecule has 0 saturated heterocycles. The van der Waals surface area contributed by atoms with Crippen molar-refractivity contribution in [3.05, 3.63) is 69.6 Å². The molecule has 0 aliphatic carbocycles. The van der Waals surface area contributed by atoms with Gasteiger partial charge in [-0.3, -0.25) is 9.59 Å². The lowest BCUT2D eigenvalue weighted by atomic mass is 10.1. The number of hydrogen-bond acceptors (Lipinski definition) is 5. The Kier molecular flexibility index (Phi) is 6.20. The topological polar surface area (TPSA) is 88.9 Å². The molecule has 0 aliphatic heterocycles. The van der Waals surface area contributed by atoms with E-state index in [4.69, 9.17) is 9.15 Å². The van der Waals surface area contributed by atoms with Crippen LogP contribution in [0, 0.1) is 20.8 Å². The molecule has 1 N–H and O–H groups in total. The fourth-order valence-corrected chi connectivity index (χ4v) is 3.14. The van der Waals surface area contributed by atoms with Crippen LogP contribution in [-0.2, 0) is 9.59 Å². The summed E-state index contributed by atoms with van der Waals surface area (Å²) in [5.41, 5.74) is 3.43. The van der Waals surface area contributed by atoms with Crippen LogP contribution in [0.15, 0.2) is 51.7 Å². The van der Waals surface area contributed by atoms with Crippen LogP contribution >= 0.6 is 0 Å². The molecule has 1 aromatic heterocycles. The van der Waals surface area contributed by atoms with E-state index in [0.29, 0.717) is 11.3 Å². The van der Waals surface area contributed by atoms with Gasteiger partial charge in [-0.2, -0.15) is 0 Å². The highest BCUT2D eigenvalue weighted by molar-refractivity contribution is 5.95. The second-order valence-electron chi connectivity index (χ2n) is 7.26. The molecule has 30 heavy (non-hydrogen) atoms. The standard InChI is InChI=1S/C23H24N2O5/c1-14-6-5-7-15(2)23(14)24-20(26)12-25(4)21(27)13-29-17-8-9-18-16(3)10-22(28)30-19(18)11-17/h5-11H,12-13H2,1-4H3,(H,24,26). The van der Waals surface area contributed by atoms with Gasteiger partial charge in [-0.1, -0.05) is 18.2 Å². The van der Waals surface area contributed by atoms with E-state index >= 15 is 0 Å². The number of nitrogens with one attached hydrogen (secondary N) is 1. The number of ether oxygens (including phenoxy) is 1. The maximum Gasteiger partial charge on any atom is 0.336 e. The number of anilines is 1. The zero-order valence-electron chi connectivity index (χ0n) is 17.4. The largest absolute Gasteiger partial charge is 0.484 e. The van der Waals surface area contributed by atoms with Gasteiger partial charge < -0.3 is 19.4 Å². The van der Waals surface area contributed by atoms with Crippen LogP contribution in [0.25, 0.3) is 11.0 Å². The molecule has 1 heterocycles. The molecule has 7 nitrogen and oxygen atoms in total. The number of para-hydroxylation sites is 1. The van der Waals surface area contributed by atoms with E-state index in [0.717, 1.165) is 27.8 Å². The van der Waals surface area contributed by atoms with Gasteiger partial charge in [0.15, 0.2) is 6.61 Å². The minimum absolute atomic E-state index is 0.0955. The number of benzene rings is 2. The Morgan fingerprint density at radius 1 is 1.03 bits per heavy atom. The second-order valence-corrected chi connectivity index (χ2v) is 7.26. The van der Waals surface area contributed by atoms with Crippen molar-refractivity contribution in [2.24, 2.45) is 0 Å². The molecule has 0 bridgehead atoms. The van der Waals surface area contributed by atoms with Crippen LogP contribution in [0.5, 0.6) is 5.75 Å². The monoisotopic (exact) mass is 408 g/mol. The van der Waals surface area contributed by atoms with Gasteiger partial charge in [-0.25, -0.2) is 4.79 Å². The molecule has 7 heteroatoms. The number of likely N-dealkylation sites (N-methyl/N-ethyl adjacent to an activating group) is 1. The number of carbonyl (C=O) groups is 2. The first-order valence-electron chi connectivity index (χ1n) is 9.52. The van der Waals surface area contributed by atoms with E-state index in [1.54, 1.807) is 25.2 Å². The van der Waals surface area contributed by atoms with E-state index in [-0.39, 0.29) is 25.0 Å². The Morgan fingerprint density at radius 3 is 2.43 bits per heavy atom. The summed E-state index contributed by atoms with van der Waals surface area (Å²) >= 11 is 0. The van der Waals surface area contributed by atoms with E-state index in [2.05, 4.69) is 5.32 Å². The molecule has 2 amide bonds. The molecule has 0 aliphatic rings. The highest BCUT2D eigenvalue weighted by atomic mass is 16.5. The number of fused-ring (bicyclic) bond motifs is 1. The number of rotatable bonds is 6. The van der Waals surface area contributed by atoms with Crippen molar-refractivity contribution in [3.63, 3.8) is 0 Å². The highest BCUT2D eigenvalue weighted by Crippen LogP contribution is 2.22. The minimum atomic E-state index is -0.442. The fraction of sp³-hybridized carbons (Fsp3) is 0.261. The predicted octanol–water partition coefficient (Wildman–Crippen LogP) is 3.19. The number of carbonyl (C=O) groups excluding carboxylic acids is 2. The lowest BCUT2D eigenvalue weighted by Gasteiger charge is -2.18. The van der Waals surface area contributed by atoms with Crippen LogP contribution < -0.4 is 15.7 Å². The van der Waals surface area contributed by atoms with Crippen LogP contribution in [0.3, 0.4) is 0 Å². The third-order valence-electron chi connectivity index (χ3n) is 4.84. The summed E-state index contributed by atoms with van der Waals surface area (Å²) in [7, 11) is 1.54. The average molecular weight is 408 g/mol. The summed E-state index contributed by atoms with van der Waals surface area (Å²) in [4.78, 5) is 37.5. The molecule has 0 unspecified atom stereocenters. The van der Waals surface area contributed by atoms with Gasteiger partial charge in [0.2, 0.25) is 5.91 Å². The Bertz CT molecular complexity index is 1150. The van der Waals surface area contributed by atoms with Gasteiger partial charge in [-0.15, -0.1) is 0 Å². The lowest BCUT2D eigenvalue weighted by Crippen LogP contribution is -2.37. The minimum Gasteiger partial charge on any atom is -0.484 e. The molecule has 0 spiro atoms. The van der Waals surface area contributed by atoms with Gasteiger partial charge >= 0.3 is 5.63 Å². The Balaban J connectivity index is 1.58. The first-order chi connectivity index (χ1) is 14.2. The van der Waals surface area contributed by atoms with Gasteiger partial charge in [0.05, 0.1) is 6.54 Å². The molecule has 3 aromatic rings. The molecule has 0 saturated carbocycles. The summed E-state index contributed by atoms with van der Waals surface area (Å²) in [6.07, 6.45) is 0. The van der Waals surface area contributed by atoms with Crippen molar-refractivity contribution >= 4 is 28.5 Å². The zero-order chi connectivity index (χ0) is 21.8. The molecule has 0 radical (unpaired) electrons. The van der Waals surface area contributed by atoms with Gasteiger partial charge in [0, 0.05) is 30.3 Å². The summed E-state index contributed by atoms with van der Waals surface area (Å²) in [5, 5.41) is 3.65. The smallest absolute Gasteiger partial charge is 0.336 e. The first kappa shape index (κ1) is 21.1. The normalized spacial score (nSPS) is 10.7. The van der Waals surface area contributed by atoms with Crippen molar-refractivity contribution in [3.8, 4) is 5.75 Å². The maximum absolute atomic E-state index is 12.4. The summed E-state index contributed by atoms with van der Waals surface area (Å²) < 4.78 is 10.7. The summed E-state index contributed by atoms with van der Waals surface area (Å²) in [6.45, 7) is 5.31. The Labute approximate surface area is 174 Å². The van der Waals surface area contributed by atoms with Crippen LogP contribution in [0.1, 0.15) is 16.7 Å². The average Bonchev–Trinajstić information content (AvgIpc) is 2.68. The second kappa shape index (κ2) is 8.82. The van der Waals surface area contributed by atoms with E-state index in [1.807, 2.05) is 39.0 Å². The van der Waals surface area contributed by atoms with Gasteiger partial charge in [0.25, 0.3) is 5.91 Å². The predicted molar refractivity (Wildman–Crippen MR) is 115 cm³/mol. The molecular formula is C23H24N2O5. The number of hydrogen-bond donors (Lipinski definition) is 1. The molecule has 0 atom stereocenters. The van der Waals surface area contributed by atoms with Crippen molar-refractivity contribution in [2.45, 2.75) is 20.8 Å². The molecular weight excluding hydrogens is 384 g/mol. The van der Waals surface area contributed by atoms with E-state index < -0.39 is 5.63 Å². The Hall–Kier alpha value is -3.61. The third-order valence-corrected chi connectivity index (χ3v) is 4.84. The SMILES string of the molecule is Cc1cccc(C)c1NC(=O)CN(C)C(=O)COc1ccc2c(C)cc(=O)oc2c1. The number of amides is 2. The van der Waals surface area contributed by atoms with Crippen LogP contribution in [0.2, 0.25) is 0 Å². The Morgan fingerprint density at radius 2 is 1.73 bits per heavy atom. The molecule has 156 valence electrons. The molecule has 3 rings (SSSR count). The third kappa shape index (κ3) is 4.86. The summed E-state index contributed by atoms with van der Waals surface area (Å²) in [5.74, 6) is -0.235. The van der Waals surface area contributed by atoms with Crippen molar-refractivity contribution in [1.82, 2.24) is 4.90 Å². The van der Waals surface area contributed by atoms with Crippen LogP contribution in [-0.4, -0.2) is 36.9 Å². The van der Waals surface area contributed by atoms with Crippen molar-refractivity contribution in [2.75, 3.05) is 25.5 Å². The van der Waals surface area contributed by atoms with Gasteiger partial charge in [-0.05, 0) is 49.6 Å². The summed E-state index contributed by atoms with van der Waals surface area (Å²) in [6, 6.07) is 12.2. The fourth-order valence-electron chi connectivity index (χ4n) is 3.14. The molecule has 0 fully saturated rings. The van der Waals surface area contributed by atoms with Crippen molar-refractivity contribution in [1.29, 1.82) is 0 Å². The number of nitrogens with zero attached hydrogens (tertiary/aromatic N) is 1. The maximum atomic E-state index is 12.4. The van der Waals surface area contributed by atoms with Gasteiger partial charge in [0.1, 0.15) is 11.3 Å². The van der Waals surface area contributed by atoms with E-state index in [9.17, 15) is 14.4 Å². The zero-order valence-corrected chi connectivity index (χ0v) is 17.4. The molecule has 2 aromatic carbocycles. The van der Waals surface area contributed by atoms with Crippen LogP contribution in [0.4, 0.5) is 5.69 Å². The highest BCUT2D eigenvalue weighted by Gasteiger charge is 2.15. The van der Waals surface area contributed by atoms with E-state index in [1.165, 1.54) is 11.0 Å². The first-order valence-corrected chi connectivity index (χ1v) is 9.52. The van der Waals surface area contributed by atoms with Crippen molar-refractivity contribution < 1.29 is 18.7 Å².